The summed E-state index contributed by atoms with van der Waals surface area (Å²) in [6.07, 6.45) is 1.72. The predicted octanol–water partition coefficient (Wildman–Crippen LogP) is 0.628. The van der Waals surface area contributed by atoms with Gasteiger partial charge in [-0.1, -0.05) is 5.16 Å². The molecule has 0 bridgehead atoms. The molecule has 0 aliphatic carbocycles. The Hall–Kier alpha value is -0.870. The third-order valence-corrected chi connectivity index (χ3v) is 2.74. The summed E-state index contributed by atoms with van der Waals surface area (Å²) in [5.41, 5.74) is 1.04. The van der Waals surface area contributed by atoms with Crippen molar-refractivity contribution in [3.63, 3.8) is 0 Å². The summed E-state index contributed by atoms with van der Waals surface area (Å²) >= 11 is 0. The van der Waals surface area contributed by atoms with Crippen LogP contribution in [0.2, 0.25) is 0 Å². The van der Waals surface area contributed by atoms with Crippen molar-refractivity contribution in [3.8, 4) is 0 Å². The average Bonchev–Trinajstić information content (AvgIpc) is 2.74. The standard InChI is InChI=1S/C10H16N2O2/c1-12-4-2-8(7-12)10-6-9(3-5-13)14-11-10/h6,8,13H,2-5,7H2,1H3. The number of likely N-dealkylation sites (tertiary alicyclic amines) is 1. The fourth-order valence-electron chi connectivity index (χ4n) is 1.93. The van der Waals surface area contributed by atoms with Crippen molar-refractivity contribution in [3.05, 3.63) is 17.5 Å². The lowest BCUT2D eigenvalue weighted by Crippen LogP contribution is -2.13. The fraction of sp³-hybridized carbons (Fsp3) is 0.700. The van der Waals surface area contributed by atoms with Crippen molar-refractivity contribution in [2.45, 2.75) is 18.8 Å². The van der Waals surface area contributed by atoms with Crippen molar-refractivity contribution in [2.24, 2.45) is 0 Å². The summed E-state index contributed by atoms with van der Waals surface area (Å²) in [4.78, 5) is 2.30. The highest BCUT2D eigenvalue weighted by molar-refractivity contribution is 5.12. The number of aliphatic hydroxyl groups excluding tert-OH is 1. The van der Waals surface area contributed by atoms with E-state index in [9.17, 15) is 0 Å². The minimum atomic E-state index is 0.124. The van der Waals surface area contributed by atoms with Crippen LogP contribution in [0, 0.1) is 0 Å². The second-order valence-electron chi connectivity index (χ2n) is 3.94. The first kappa shape index (κ1) is 9.68. The van der Waals surface area contributed by atoms with Crippen LogP contribution in [0.3, 0.4) is 0 Å². The van der Waals surface area contributed by atoms with E-state index in [0.29, 0.717) is 12.3 Å². The molecule has 1 N–H and O–H groups in total. The number of likely N-dealkylation sites (N-methyl/N-ethyl adjacent to an activating group) is 1. The molecule has 1 aromatic heterocycles. The maximum atomic E-state index is 8.74. The van der Waals surface area contributed by atoms with Gasteiger partial charge in [0.2, 0.25) is 0 Å². The Labute approximate surface area is 83.5 Å². The van der Waals surface area contributed by atoms with E-state index in [1.807, 2.05) is 6.07 Å². The average molecular weight is 196 g/mol. The third kappa shape index (κ3) is 1.96. The van der Waals surface area contributed by atoms with Gasteiger partial charge in [0.05, 0.1) is 12.3 Å². The quantitative estimate of drug-likeness (QED) is 0.770. The van der Waals surface area contributed by atoms with E-state index < -0.39 is 0 Å². The molecule has 4 heteroatoms. The van der Waals surface area contributed by atoms with Crippen molar-refractivity contribution in [1.29, 1.82) is 0 Å². The van der Waals surface area contributed by atoms with E-state index in [4.69, 9.17) is 9.63 Å². The van der Waals surface area contributed by atoms with Crippen LogP contribution >= 0.6 is 0 Å². The highest BCUT2D eigenvalue weighted by atomic mass is 16.5. The van der Waals surface area contributed by atoms with Gasteiger partial charge < -0.3 is 14.5 Å². The molecule has 1 aliphatic heterocycles. The van der Waals surface area contributed by atoms with Crippen LogP contribution in [-0.2, 0) is 6.42 Å². The van der Waals surface area contributed by atoms with Crippen LogP contribution in [0.4, 0.5) is 0 Å². The van der Waals surface area contributed by atoms with Crippen LogP contribution in [0.1, 0.15) is 23.8 Å². The van der Waals surface area contributed by atoms with E-state index in [1.165, 1.54) is 0 Å². The van der Waals surface area contributed by atoms with Gasteiger partial charge in [-0.2, -0.15) is 0 Å². The largest absolute Gasteiger partial charge is 0.396 e. The first-order valence-electron chi connectivity index (χ1n) is 5.04. The summed E-state index contributed by atoms with van der Waals surface area (Å²) in [6, 6.07) is 1.97. The highest BCUT2D eigenvalue weighted by Gasteiger charge is 2.23. The highest BCUT2D eigenvalue weighted by Crippen LogP contribution is 2.25. The molecule has 1 aromatic rings. The van der Waals surface area contributed by atoms with Gasteiger partial charge in [-0.05, 0) is 20.0 Å². The molecule has 1 aliphatic rings. The van der Waals surface area contributed by atoms with E-state index >= 15 is 0 Å². The molecule has 2 rings (SSSR count). The maximum Gasteiger partial charge on any atom is 0.139 e. The van der Waals surface area contributed by atoms with E-state index in [0.717, 1.165) is 31.0 Å². The second kappa shape index (κ2) is 4.11. The molecule has 78 valence electrons. The Kier molecular flexibility index (Phi) is 2.84. The Bertz CT molecular complexity index is 298. The molecule has 14 heavy (non-hydrogen) atoms. The molecule has 1 saturated heterocycles. The number of aromatic nitrogens is 1. The maximum absolute atomic E-state index is 8.74. The molecule has 4 nitrogen and oxygen atoms in total. The molecule has 0 amide bonds. The zero-order valence-corrected chi connectivity index (χ0v) is 8.44. The fourth-order valence-corrected chi connectivity index (χ4v) is 1.93. The van der Waals surface area contributed by atoms with Gasteiger partial charge in [0.15, 0.2) is 0 Å². The van der Waals surface area contributed by atoms with E-state index in [2.05, 4.69) is 17.1 Å². The normalized spacial score (nSPS) is 23.1. The Morgan fingerprint density at radius 1 is 1.71 bits per heavy atom. The molecule has 1 atom stereocenters. The molecule has 0 radical (unpaired) electrons. The summed E-state index contributed by atoms with van der Waals surface area (Å²) in [5, 5.41) is 12.8. The number of nitrogens with zero attached hydrogens (tertiary/aromatic N) is 2. The summed E-state index contributed by atoms with van der Waals surface area (Å²) in [6.45, 7) is 2.32. The van der Waals surface area contributed by atoms with Crippen molar-refractivity contribution >= 4 is 0 Å². The molecule has 1 fully saturated rings. The molecule has 0 spiro atoms. The summed E-state index contributed by atoms with van der Waals surface area (Å²) in [7, 11) is 2.12. The number of hydrogen-bond acceptors (Lipinski definition) is 4. The molecule has 1 unspecified atom stereocenters. The smallest absolute Gasteiger partial charge is 0.139 e. The van der Waals surface area contributed by atoms with Crippen LogP contribution in [0.25, 0.3) is 0 Å². The zero-order valence-electron chi connectivity index (χ0n) is 8.44. The minimum absolute atomic E-state index is 0.124. The molecule has 2 heterocycles. The first-order valence-corrected chi connectivity index (χ1v) is 5.04. The SMILES string of the molecule is CN1CCC(c2cc(CCO)on2)C1. The Morgan fingerprint density at radius 2 is 2.57 bits per heavy atom. The third-order valence-electron chi connectivity index (χ3n) is 2.74. The van der Waals surface area contributed by atoms with Gasteiger partial charge in [-0.3, -0.25) is 0 Å². The van der Waals surface area contributed by atoms with Crippen LogP contribution in [0.5, 0.6) is 0 Å². The lowest BCUT2D eigenvalue weighted by atomic mass is 10.0. The number of rotatable bonds is 3. The van der Waals surface area contributed by atoms with Crippen LogP contribution < -0.4 is 0 Å². The van der Waals surface area contributed by atoms with Crippen molar-refractivity contribution in [2.75, 3.05) is 26.7 Å². The monoisotopic (exact) mass is 196 g/mol. The molecular formula is C10H16N2O2. The van der Waals surface area contributed by atoms with Gasteiger partial charge in [-0.25, -0.2) is 0 Å². The second-order valence-corrected chi connectivity index (χ2v) is 3.94. The van der Waals surface area contributed by atoms with E-state index in [-0.39, 0.29) is 6.61 Å². The number of aliphatic hydroxyl groups is 1. The van der Waals surface area contributed by atoms with Gasteiger partial charge in [0.25, 0.3) is 0 Å². The molecular weight excluding hydrogens is 180 g/mol. The molecule has 0 aromatic carbocycles. The van der Waals surface area contributed by atoms with Crippen LogP contribution in [-0.4, -0.2) is 41.9 Å². The van der Waals surface area contributed by atoms with Gasteiger partial charge in [-0.15, -0.1) is 0 Å². The van der Waals surface area contributed by atoms with Gasteiger partial charge in [0, 0.05) is 24.9 Å². The minimum Gasteiger partial charge on any atom is -0.396 e. The van der Waals surface area contributed by atoms with Crippen LogP contribution in [0.15, 0.2) is 10.6 Å². The summed E-state index contributed by atoms with van der Waals surface area (Å²) in [5.74, 6) is 1.30. The van der Waals surface area contributed by atoms with Gasteiger partial charge in [0.1, 0.15) is 5.76 Å². The van der Waals surface area contributed by atoms with Crippen molar-refractivity contribution in [1.82, 2.24) is 10.1 Å². The van der Waals surface area contributed by atoms with Crippen molar-refractivity contribution < 1.29 is 9.63 Å². The number of hydrogen-bond donors (Lipinski definition) is 1. The first-order chi connectivity index (χ1) is 6.79. The lowest BCUT2D eigenvalue weighted by Gasteiger charge is -2.05. The van der Waals surface area contributed by atoms with E-state index in [1.54, 1.807) is 0 Å². The Morgan fingerprint density at radius 3 is 3.21 bits per heavy atom. The topological polar surface area (TPSA) is 49.5 Å². The Balaban J connectivity index is 2.02. The predicted molar refractivity (Wildman–Crippen MR) is 52.1 cm³/mol. The lowest BCUT2D eigenvalue weighted by molar-refractivity contribution is 0.276. The summed E-state index contributed by atoms with van der Waals surface area (Å²) < 4.78 is 5.12. The molecule has 0 saturated carbocycles. The zero-order chi connectivity index (χ0) is 9.97. The van der Waals surface area contributed by atoms with Gasteiger partial charge >= 0.3 is 0 Å².